The number of rotatable bonds is 6. The molecule has 0 fully saturated rings. The predicted octanol–water partition coefficient (Wildman–Crippen LogP) is 2.63. The fourth-order valence-corrected chi connectivity index (χ4v) is 4.33. The Morgan fingerprint density at radius 1 is 1.21 bits per heavy atom. The molecule has 0 radical (unpaired) electrons. The second kappa shape index (κ2) is 6.71. The minimum absolute atomic E-state index is 0.00336. The summed E-state index contributed by atoms with van der Waals surface area (Å²) in [7, 11) is -0.485. The van der Waals surface area contributed by atoms with Gasteiger partial charge in [-0.1, -0.05) is 6.07 Å². The lowest BCUT2D eigenvalue weighted by molar-refractivity contribution is 0.400. The van der Waals surface area contributed by atoms with Gasteiger partial charge in [0.1, 0.15) is 9.96 Å². The molecule has 3 rings (SSSR count). The maximum atomic E-state index is 12.4. The van der Waals surface area contributed by atoms with Crippen molar-refractivity contribution in [2.75, 3.05) is 14.2 Å². The van der Waals surface area contributed by atoms with E-state index in [1.54, 1.807) is 48.9 Å². The highest BCUT2D eigenvalue weighted by Crippen LogP contribution is 2.23. The molecule has 0 amide bonds. The van der Waals surface area contributed by atoms with Crippen molar-refractivity contribution in [3.63, 3.8) is 0 Å². The van der Waals surface area contributed by atoms with E-state index in [2.05, 4.69) is 10.2 Å². The molecule has 0 atom stereocenters. The molecule has 3 aromatic rings. The zero-order valence-electron chi connectivity index (χ0n) is 13.0. The molecule has 2 heterocycles. The van der Waals surface area contributed by atoms with Gasteiger partial charge >= 0.3 is 0 Å². The number of hydrogen-bond donors (Lipinski definition) is 0. The second-order valence-corrected chi connectivity index (χ2v) is 8.14. The first-order valence-corrected chi connectivity index (χ1v) is 9.29. The lowest BCUT2D eigenvalue weighted by Gasteiger charge is -2.13. The van der Waals surface area contributed by atoms with Crippen molar-refractivity contribution < 1.29 is 17.6 Å². The number of benzene rings is 1. The largest absolute Gasteiger partial charge is 0.497 e. The van der Waals surface area contributed by atoms with Crippen molar-refractivity contribution >= 4 is 21.4 Å². The Bertz CT molecular complexity index is 903. The van der Waals surface area contributed by atoms with Gasteiger partial charge in [-0.3, -0.25) is 0 Å². The van der Waals surface area contributed by atoms with E-state index in [4.69, 9.17) is 9.15 Å². The maximum absolute atomic E-state index is 12.4. The maximum Gasteiger partial charge on any atom is 0.252 e. The van der Waals surface area contributed by atoms with Crippen molar-refractivity contribution in [3.8, 4) is 17.2 Å². The number of hydrogen-bond acceptors (Lipinski definition) is 7. The molecule has 1 aromatic carbocycles. The van der Waals surface area contributed by atoms with Gasteiger partial charge in [-0.25, -0.2) is 8.42 Å². The number of aromatic nitrogens is 2. The highest BCUT2D eigenvalue weighted by Gasteiger charge is 2.24. The van der Waals surface area contributed by atoms with Crippen LogP contribution in [0.25, 0.3) is 11.5 Å². The van der Waals surface area contributed by atoms with Gasteiger partial charge in [-0.05, 0) is 35.7 Å². The van der Waals surface area contributed by atoms with Crippen LogP contribution in [-0.4, -0.2) is 37.1 Å². The number of sulfonamides is 1. The third-order valence-corrected chi connectivity index (χ3v) is 6.50. The molecule has 9 heteroatoms. The van der Waals surface area contributed by atoms with E-state index in [1.807, 2.05) is 0 Å². The summed E-state index contributed by atoms with van der Waals surface area (Å²) in [5.74, 6) is 1.28. The van der Waals surface area contributed by atoms with Crippen LogP contribution in [0.2, 0.25) is 0 Å². The fourth-order valence-electron chi connectivity index (χ4n) is 2.01. The van der Waals surface area contributed by atoms with Crippen LogP contribution in [-0.2, 0) is 16.6 Å². The monoisotopic (exact) mass is 365 g/mol. The van der Waals surface area contributed by atoms with Crippen LogP contribution in [0.1, 0.15) is 5.89 Å². The van der Waals surface area contributed by atoms with Gasteiger partial charge in [0.25, 0.3) is 10.0 Å². The van der Waals surface area contributed by atoms with Crippen molar-refractivity contribution in [2.45, 2.75) is 10.8 Å². The normalized spacial score (nSPS) is 11.8. The van der Waals surface area contributed by atoms with Crippen LogP contribution in [0.4, 0.5) is 0 Å². The minimum Gasteiger partial charge on any atom is -0.497 e. The molecule has 0 aliphatic heterocycles. The topological polar surface area (TPSA) is 85.5 Å². The molecule has 126 valence electrons. The summed E-state index contributed by atoms with van der Waals surface area (Å²) in [6.07, 6.45) is 0. The molecule has 0 unspecified atom stereocenters. The number of thiophene rings is 1. The molecular formula is C15H15N3O4S2. The van der Waals surface area contributed by atoms with E-state index in [1.165, 1.54) is 22.7 Å². The first kappa shape index (κ1) is 16.6. The van der Waals surface area contributed by atoms with Crippen LogP contribution < -0.4 is 4.74 Å². The molecular weight excluding hydrogens is 350 g/mol. The quantitative estimate of drug-likeness (QED) is 0.667. The molecule has 0 N–H and O–H groups in total. The molecule has 0 saturated heterocycles. The third kappa shape index (κ3) is 3.32. The van der Waals surface area contributed by atoms with E-state index < -0.39 is 10.0 Å². The Labute approximate surface area is 143 Å². The van der Waals surface area contributed by atoms with Gasteiger partial charge < -0.3 is 9.15 Å². The fraction of sp³-hybridized carbons (Fsp3) is 0.200. The molecule has 24 heavy (non-hydrogen) atoms. The van der Waals surface area contributed by atoms with E-state index in [9.17, 15) is 8.42 Å². The molecule has 2 aromatic heterocycles. The van der Waals surface area contributed by atoms with Crippen LogP contribution in [0.3, 0.4) is 0 Å². The van der Waals surface area contributed by atoms with Crippen molar-refractivity contribution in [3.05, 3.63) is 47.7 Å². The smallest absolute Gasteiger partial charge is 0.252 e. The summed E-state index contributed by atoms with van der Waals surface area (Å²) in [5.41, 5.74) is 0.735. The molecule has 7 nitrogen and oxygen atoms in total. The Balaban J connectivity index is 1.76. The van der Waals surface area contributed by atoms with E-state index >= 15 is 0 Å². The first-order chi connectivity index (χ1) is 11.5. The zero-order valence-corrected chi connectivity index (χ0v) is 14.7. The van der Waals surface area contributed by atoms with E-state index in [0.29, 0.717) is 5.89 Å². The average molecular weight is 365 g/mol. The standard InChI is InChI=1S/C15H15N3O4S2/c1-18(24(19,20)14-4-3-9-23-14)10-13-16-17-15(22-13)11-5-7-12(21-2)8-6-11/h3-9H,10H2,1-2H3. The summed E-state index contributed by atoms with van der Waals surface area (Å²) in [5, 5.41) is 9.60. The molecule has 0 aliphatic carbocycles. The van der Waals surface area contributed by atoms with Crippen LogP contribution in [0.5, 0.6) is 5.75 Å². The average Bonchev–Trinajstić information content (AvgIpc) is 3.27. The lowest BCUT2D eigenvalue weighted by atomic mass is 10.2. The Morgan fingerprint density at radius 3 is 2.58 bits per heavy atom. The van der Waals surface area contributed by atoms with Gasteiger partial charge in [0.2, 0.25) is 11.8 Å². The SMILES string of the molecule is COc1ccc(-c2nnc(CN(C)S(=O)(=O)c3cccs3)o2)cc1. The predicted molar refractivity (Wildman–Crippen MR) is 89.3 cm³/mol. The highest BCUT2D eigenvalue weighted by molar-refractivity contribution is 7.91. The van der Waals surface area contributed by atoms with E-state index in [0.717, 1.165) is 11.3 Å². The van der Waals surface area contributed by atoms with Gasteiger partial charge in [-0.2, -0.15) is 4.31 Å². The Kier molecular flexibility index (Phi) is 4.65. The summed E-state index contributed by atoms with van der Waals surface area (Å²) in [4.78, 5) is 0. The number of methoxy groups -OCH3 is 1. The summed E-state index contributed by atoms with van der Waals surface area (Å²) in [6.45, 7) is 0.00336. The van der Waals surface area contributed by atoms with Gasteiger partial charge in [0.05, 0.1) is 13.7 Å². The van der Waals surface area contributed by atoms with Crippen LogP contribution in [0, 0.1) is 0 Å². The second-order valence-electron chi connectivity index (χ2n) is 4.92. The third-order valence-electron chi connectivity index (χ3n) is 3.32. The summed E-state index contributed by atoms with van der Waals surface area (Å²) >= 11 is 1.17. The van der Waals surface area contributed by atoms with Gasteiger partial charge in [-0.15, -0.1) is 21.5 Å². The number of nitrogens with zero attached hydrogens (tertiary/aromatic N) is 3. The van der Waals surface area contributed by atoms with Crippen molar-refractivity contribution in [1.29, 1.82) is 0 Å². The zero-order chi connectivity index (χ0) is 17.2. The Hall–Kier alpha value is -2.23. The molecule has 0 bridgehead atoms. The first-order valence-electron chi connectivity index (χ1n) is 6.97. The lowest BCUT2D eigenvalue weighted by Crippen LogP contribution is -2.25. The summed E-state index contributed by atoms with van der Waals surface area (Å²) in [6, 6.07) is 10.4. The summed E-state index contributed by atoms with van der Waals surface area (Å²) < 4.78 is 36.9. The molecule has 0 aliphatic rings. The van der Waals surface area contributed by atoms with Gasteiger partial charge in [0, 0.05) is 12.6 Å². The minimum atomic E-state index is -3.55. The van der Waals surface area contributed by atoms with Crippen LogP contribution >= 0.6 is 11.3 Å². The molecule has 0 saturated carbocycles. The van der Waals surface area contributed by atoms with E-state index in [-0.39, 0.29) is 16.6 Å². The van der Waals surface area contributed by atoms with Crippen molar-refractivity contribution in [1.82, 2.24) is 14.5 Å². The molecule has 0 spiro atoms. The van der Waals surface area contributed by atoms with Gasteiger partial charge in [0.15, 0.2) is 0 Å². The van der Waals surface area contributed by atoms with Crippen LogP contribution in [0.15, 0.2) is 50.4 Å². The highest BCUT2D eigenvalue weighted by atomic mass is 32.2. The van der Waals surface area contributed by atoms with Crippen molar-refractivity contribution in [2.24, 2.45) is 0 Å². The number of ether oxygens (including phenoxy) is 1. The Morgan fingerprint density at radius 2 is 1.96 bits per heavy atom.